The van der Waals surface area contributed by atoms with Crippen molar-refractivity contribution in [1.82, 2.24) is 4.57 Å². The predicted molar refractivity (Wildman–Crippen MR) is 105 cm³/mol. The van der Waals surface area contributed by atoms with Crippen LogP contribution in [0.3, 0.4) is 0 Å². The Balaban J connectivity index is 1.66. The number of ether oxygens (including phenoxy) is 2. The van der Waals surface area contributed by atoms with E-state index in [1.807, 2.05) is 36.6 Å². The van der Waals surface area contributed by atoms with Crippen LogP contribution < -0.4 is 14.8 Å². The first-order chi connectivity index (χ1) is 13.4. The lowest BCUT2D eigenvalue weighted by molar-refractivity contribution is 0.102. The van der Waals surface area contributed by atoms with Crippen molar-refractivity contribution in [2.75, 3.05) is 18.5 Å². The predicted octanol–water partition coefficient (Wildman–Crippen LogP) is 4.57. The minimum atomic E-state index is -0.450. The molecule has 0 bridgehead atoms. The van der Waals surface area contributed by atoms with Crippen molar-refractivity contribution in [2.24, 2.45) is 0 Å². The third kappa shape index (κ3) is 3.22. The second-order valence-corrected chi connectivity index (χ2v) is 6.89. The van der Waals surface area contributed by atoms with E-state index < -0.39 is 5.82 Å². The number of benzene rings is 2. The summed E-state index contributed by atoms with van der Waals surface area (Å²) in [5.74, 6) is 0.600. The standard InChI is InChI=1S/C22H21FN2O3/c1-13-4-6-19(18(23)10-13)24-22(26)17-11-14(2)25(15(17)3)16-5-7-20-21(12-16)28-9-8-27-20/h4-7,10-12H,8-9H2,1-3H3,(H,24,26). The highest BCUT2D eigenvalue weighted by molar-refractivity contribution is 6.05. The molecule has 0 atom stereocenters. The number of hydrogen-bond acceptors (Lipinski definition) is 3. The average Bonchev–Trinajstić information content (AvgIpc) is 2.98. The van der Waals surface area contributed by atoms with Gasteiger partial charge in [0.05, 0.1) is 11.3 Å². The van der Waals surface area contributed by atoms with Crippen molar-refractivity contribution in [3.8, 4) is 17.2 Å². The van der Waals surface area contributed by atoms with Crippen molar-refractivity contribution >= 4 is 11.6 Å². The van der Waals surface area contributed by atoms with Gasteiger partial charge >= 0.3 is 0 Å². The van der Waals surface area contributed by atoms with Gasteiger partial charge in [-0.1, -0.05) is 6.07 Å². The number of anilines is 1. The van der Waals surface area contributed by atoms with Gasteiger partial charge in [0.25, 0.3) is 5.91 Å². The Labute approximate surface area is 162 Å². The molecule has 1 amide bonds. The number of halogens is 1. The van der Waals surface area contributed by atoms with E-state index in [0.29, 0.717) is 30.3 Å². The van der Waals surface area contributed by atoms with Gasteiger partial charge in [0, 0.05) is 23.1 Å². The van der Waals surface area contributed by atoms with Crippen LogP contribution in [0.5, 0.6) is 11.5 Å². The molecule has 1 aromatic heterocycles. The van der Waals surface area contributed by atoms with Gasteiger partial charge in [0.1, 0.15) is 19.0 Å². The molecule has 1 aliphatic heterocycles. The first kappa shape index (κ1) is 18.1. The zero-order valence-corrected chi connectivity index (χ0v) is 16.0. The maximum absolute atomic E-state index is 14.1. The van der Waals surface area contributed by atoms with E-state index in [0.717, 1.165) is 22.6 Å². The van der Waals surface area contributed by atoms with Gasteiger partial charge < -0.3 is 19.4 Å². The summed E-state index contributed by atoms with van der Waals surface area (Å²) in [6.45, 7) is 6.64. The van der Waals surface area contributed by atoms with Crippen molar-refractivity contribution in [3.05, 3.63) is 70.8 Å². The molecule has 0 radical (unpaired) electrons. The molecule has 0 unspecified atom stereocenters. The third-order valence-corrected chi connectivity index (χ3v) is 4.83. The second-order valence-electron chi connectivity index (χ2n) is 6.89. The molecule has 6 heteroatoms. The van der Waals surface area contributed by atoms with Crippen molar-refractivity contribution in [3.63, 3.8) is 0 Å². The van der Waals surface area contributed by atoms with Crippen molar-refractivity contribution < 1.29 is 18.7 Å². The maximum Gasteiger partial charge on any atom is 0.257 e. The van der Waals surface area contributed by atoms with Crippen LogP contribution in [0.2, 0.25) is 0 Å². The fraction of sp³-hybridized carbons (Fsp3) is 0.227. The molecule has 3 aromatic rings. The molecular weight excluding hydrogens is 359 g/mol. The summed E-state index contributed by atoms with van der Waals surface area (Å²) in [4.78, 5) is 12.8. The number of rotatable bonds is 3. The second kappa shape index (κ2) is 7.03. The highest BCUT2D eigenvalue weighted by Gasteiger charge is 2.19. The Morgan fingerprint density at radius 2 is 1.75 bits per heavy atom. The SMILES string of the molecule is Cc1ccc(NC(=O)c2cc(C)n(-c3ccc4c(c3)OCCO4)c2C)c(F)c1. The molecule has 0 spiro atoms. The van der Waals surface area contributed by atoms with Crippen LogP contribution in [0, 0.1) is 26.6 Å². The number of aryl methyl sites for hydroxylation is 2. The molecule has 5 nitrogen and oxygen atoms in total. The minimum Gasteiger partial charge on any atom is -0.486 e. The topological polar surface area (TPSA) is 52.5 Å². The van der Waals surface area contributed by atoms with E-state index in [9.17, 15) is 9.18 Å². The summed E-state index contributed by atoms with van der Waals surface area (Å²) >= 11 is 0. The van der Waals surface area contributed by atoms with Gasteiger partial charge in [-0.15, -0.1) is 0 Å². The van der Waals surface area contributed by atoms with Crippen molar-refractivity contribution in [2.45, 2.75) is 20.8 Å². The molecule has 4 rings (SSSR count). The maximum atomic E-state index is 14.1. The number of nitrogens with one attached hydrogen (secondary N) is 1. The van der Waals surface area contributed by atoms with E-state index in [2.05, 4.69) is 5.32 Å². The highest BCUT2D eigenvalue weighted by Crippen LogP contribution is 2.33. The van der Waals surface area contributed by atoms with Gasteiger partial charge in [0.2, 0.25) is 0 Å². The smallest absolute Gasteiger partial charge is 0.257 e. The molecule has 0 saturated carbocycles. The fourth-order valence-corrected chi connectivity index (χ4v) is 3.47. The van der Waals surface area contributed by atoms with Crippen LogP contribution in [0.1, 0.15) is 27.3 Å². The van der Waals surface area contributed by atoms with Crippen LogP contribution in [0.15, 0.2) is 42.5 Å². The largest absolute Gasteiger partial charge is 0.486 e. The Bertz CT molecular complexity index is 1070. The Morgan fingerprint density at radius 1 is 1.00 bits per heavy atom. The first-order valence-corrected chi connectivity index (χ1v) is 9.10. The third-order valence-electron chi connectivity index (χ3n) is 4.83. The average molecular weight is 380 g/mol. The Morgan fingerprint density at radius 3 is 2.50 bits per heavy atom. The monoisotopic (exact) mass is 380 g/mol. The number of carbonyl (C=O) groups excluding carboxylic acids is 1. The summed E-state index contributed by atoms with van der Waals surface area (Å²) < 4.78 is 27.3. The summed E-state index contributed by atoms with van der Waals surface area (Å²) in [6, 6.07) is 12.2. The first-order valence-electron chi connectivity index (χ1n) is 9.10. The minimum absolute atomic E-state index is 0.166. The van der Waals surface area contributed by atoms with Gasteiger partial charge in [0.15, 0.2) is 11.5 Å². The van der Waals surface area contributed by atoms with Crippen LogP contribution in [-0.4, -0.2) is 23.7 Å². The van der Waals surface area contributed by atoms with Gasteiger partial charge in [-0.3, -0.25) is 4.79 Å². The normalized spacial score (nSPS) is 12.7. The van der Waals surface area contributed by atoms with Crippen LogP contribution in [-0.2, 0) is 0 Å². The van der Waals surface area contributed by atoms with E-state index >= 15 is 0 Å². The number of amides is 1. The lowest BCUT2D eigenvalue weighted by Gasteiger charge is -2.20. The van der Waals surface area contributed by atoms with E-state index in [1.54, 1.807) is 25.1 Å². The molecule has 144 valence electrons. The molecule has 2 aromatic carbocycles. The molecule has 2 heterocycles. The number of nitrogens with zero attached hydrogens (tertiary/aromatic N) is 1. The van der Waals surface area contributed by atoms with Crippen LogP contribution in [0.25, 0.3) is 5.69 Å². The highest BCUT2D eigenvalue weighted by atomic mass is 19.1. The zero-order chi connectivity index (χ0) is 19.8. The molecule has 0 saturated heterocycles. The lowest BCUT2D eigenvalue weighted by atomic mass is 10.2. The summed E-state index contributed by atoms with van der Waals surface area (Å²) in [5, 5.41) is 2.66. The van der Waals surface area contributed by atoms with Crippen molar-refractivity contribution in [1.29, 1.82) is 0 Å². The lowest BCUT2D eigenvalue weighted by Crippen LogP contribution is -2.16. The molecule has 0 aliphatic carbocycles. The van der Waals surface area contributed by atoms with Crippen LogP contribution >= 0.6 is 0 Å². The number of carbonyl (C=O) groups is 1. The zero-order valence-electron chi connectivity index (χ0n) is 16.0. The van der Waals surface area contributed by atoms with Gasteiger partial charge in [-0.05, 0) is 56.7 Å². The summed E-state index contributed by atoms with van der Waals surface area (Å²) in [5.41, 5.74) is 3.99. The van der Waals surface area contributed by atoms with E-state index in [1.165, 1.54) is 6.07 Å². The number of hydrogen-bond donors (Lipinski definition) is 1. The van der Waals surface area contributed by atoms with Gasteiger partial charge in [-0.2, -0.15) is 0 Å². The molecule has 1 aliphatic rings. The fourth-order valence-electron chi connectivity index (χ4n) is 3.47. The Hall–Kier alpha value is -3.28. The molecule has 0 fully saturated rings. The number of fused-ring (bicyclic) bond motifs is 1. The Kier molecular flexibility index (Phi) is 4.55. The van der Waals surface area contributed by atoms with Gasteiger partial charge in [-0.25, -0.2) is 4.39 Å². The molecule has 1 N–H and O–H groups in total. The quantitative estimate of drug-likeness (QED) is 0.724. The van der Waals surface area contributed by atoms with Crippen LogP contribution in [0.4, 0.5) is 10.1 Å². The summed E-state index contributed by atoms with van der Waals surface area (Å²) in [7, 11) is 0. The summed E-state index contributed by atoms with van der Waals surface area (Å²) in [6.07, 6.45) is 0. The van der Waals surface area contributed by atoms with E-state index in [-0.39, 0.29) is 11.6 Å². The van der Waals surface area contributed by atoms with E-state index in [4.69, 9.17) is 9.47 Å². The number of aromatic nitrogens is 1. The molecular formula is C22H21FN2O3. The molecule has 28 heavy (non-hydrogen) atoms.